The first-order valence-electron chi connectivity index (χ1n) is 12.6. The van der Waals surface area contributed by atoms with Crippen molar-refractivity contribution in [2.45, 2.75) is 18.6 Å². The summed E-state index contributed by atoms with van der Waals surface area (Å²) in [5, 5.41) is 53.1. The number of nitrogens with one attached hydrogen (secondary N) is 1. The van der Waals surface area contributed by atoms with Gasteiger partial charge in [0.1, 0.15) is 34.7 Å². The van der Waals surface area contributed by atoms with Crippen molar-refractivity contribution < 1.29 is 49.4 Å². The molecule has 42 heavy (non-hydrogen) atoms. The fraction of sp³-hybridized carbons (Fsp3) is 0.0968. The highest BCUT2D eigenvalue weighted by Crippen LogP contribution is 2.38. The van der Waals surface area contributed by atoms with Gasteiger partial charge in [-0.15, -0.1) is 0 Å². The van der Waals surface area contributed by atoms with Crippen LogP contribution < -0.4 is 5.32 Å². The Hall–Kier alpha value is -5.84. The number of ketones is 1. The van der Waals surface area contributed by atoms with E-state index >= 15 is 0 Å². The van der Waals surface area contributed by atoms with Crippen LogP contribution in [0.3, 0.4) is 0 Å². The largest absolute Gasteiger partial charge is 0.508 e. The maximum atomic E-state index is 13.2. The zero-order valence-corrected chi connectivity index (χ0v) is 21.6. The first-order chi connectivity index (χ1) is 20.0. The summed E-state index contributed by atoms with van der Waals surface area (Å²) < 4.78 is 5.74. The molecule has 2 atom stereocenters. The van der Waals surface area contributed by atoms with Crippen molar-refractivity contribution in [1.82, 2.24) is 5.32 Å². The van der Waals surface area contributed by atoms with Crippen molar-refractivity contribution in [3.8, 4) is 23.0 Å². The average Bonchev–Trinajstić information content (AvgIpc) is 3.29. The Labute approximate surface area is 237 Å². The zero-order valence-electron chi connectivity index (χ0n) is 21.6. The topological polar surface area (TPSA) is 191 Å². The minimum absolute atomic E-state index is 0.00579. The molecule has 1 aliphatic rings. The van der Waals surface area contributed by atoms with E-state index in [-0.39, 0.29) is 16.9 Å². The predicted molar refractivity (Wildman–Crippen MR) is 146 cm³/mol. The predicted octanol–water partition coefficient (Wildman–Crippen LogP) is 3.69. The van der Waals surface area contributed by atoms with Crippen LogP contribution in [0.15, 0.2) is 78.9 Å². The third-order valence-corrected chi connectivity index (χ3v) is 6.91. The Bertz CT molecular complexity index is 1720. The second kappa shape index (κ2) is 11.0. The van der Waals surface area contributed by atoms with E-state index in [1.54, 1.807) is 18.2 Å². The van der Waals surface area contributed by atoms with Gasteiger partial charge in [-0.2, -0.15) is 0 Å². The summed E-state index contributed by atoms with van der Waals surface area (Å²) in [6.07, 6.45) is -0.603. The monoisotopic (exact) mass is 569 g/mol. The number of benzene rings is 4. The summed E-state index contributed by atoms with van der Waals surface area (Å²) in [7, 11) is 0. The first kappa shape index (κ1) is 27.7. The summed E-state index contributed by atoms with van der Waals surface area (Å²) in [6.45, 7) is 0. The summed E-state index contributed by atoms with van der Waals surface area (Å²) >= 11 is 0. The lowest BCUT2D eigenvalue weighted by molar-refractivity contribution is 0.0223. The van der Waals surface area contributed by atoms with Crippen LogP contribution in [-0.2, 0) is 11.2 Å². The van der Waals surface area contributed by atoms with Gasteiger partial charge in [-0.1, -0.05) is 30.3 Å². The molecule has 11 nitrogen and oxygen atoms in total. The van der Waals surface area contributed by atoms with E-state index in [1.165, 1.54) is 30.3 Å². The lowest BCUT2D eigenvalue weighted by atomic mass is 9.95. The minimum atomic E-state index is -1.52. The third-order valence-electron chi connectivity index (χ3n) is 6.91. The SMILES string of the molecule is O=C(N[C@@H]1Cc2ccccc2[C@H]1OC(=O)c1cc(O)c(C(=O)c2c(O)cccc2C(=O)O)c(O)c1)c1ccc(O)cc1. The lowest BCUT2D eigenvalue weighted by Gasteiger charge is -2.22. The quantitative estimate of drug-likeness (QED) is 0.141. The Morgan fingerprint density at radius 1 is 0.738 bits per heavy atom. The van der Waals surface area contributed by atoms with Gasteiger partial charge in [0, 0.05) is 5.56 Å². The van der Waals surface area contributed by atoms with E-state index in [2.05, 4.69) is 5.32 Å². The number of phenolic OH excluding ortho intramolecular Hbond substituents is 4. The van der Waals surface area contributed by atoms with Crippen molar-refractivity contribution in [3.05, 3.63) is 118 Å². The molecule has 4 aromatic rings. The first-order valence-corrected chi connectivity index (χ1v) is 12.6. The Kier molecular flexibility index (Phi) is 7.24. The number of rotatable bonds is 7. The number of hydrogen-bond donors (Lipinski definition) is 6. The second-order valence-corrected chi connectivity index (χ2v) is 9.58. The normalized spacial score (nSPS) is 15.4. The smallest absolute Gasteiger partial charge is 0.339 e. The molecule has 0 aromatic heterocycles. The number of esters is 1. The van der Waals surface area contributed by atoms with Gasteiger partial charge in [0.15, 0.2) is 0 Å². The zero-order chi connectivity index (χ0) is 30.1. The van der Waals surface area contributed by atoms with Gasteiger partial charge < -0.3 is 35.6 Å². The van der Waals surface area contributed by atoms with Gasteiger partial charge in [0.2, 0.25) is 5.78 Å². The lowest BCUT2D eigenvalue weighted by Crippen LogP contribution is -2.39. The minimum Gasteiger partial charge on any atom is -0.508 e. The third kappa shape index (κ3) is 5.18. The van der Waals surface area contributed by atoms with Crippen molar-refractivity contribution >= 4 is 23.6 Å². The van der Waals surface area contributed by atoms with E-state index in [4.69, 9.17) is 4.74 Å². The number of fused-ring (bicyclic) bond motifs is 1. The van der Waals surface area contributed by atoms with Gasteiger partial charge in [-0.3, -0.25) is 9.59 Å². The molecule has 0 aliphatic heterocycles. The van der Waals surface area contributed by atoms with Crippen molar-refractivity contribution in [2.75, 3.05) is 0 Å². The van der Waals surface area contributed by atoms with Crippen LogP contribution in [0.4, 0.5) is 0 Å². The molecular weight excluding hydrogens is 546 g/mol. The van der Waals surface area contributed by atoms with Crippen molar-refractivity contribution in [1.29, 1.82) is 0 Å². The second-order valence-electron chi connectivity index (χ2n) is 9.58. The summed E-state index contributed by atoms with van der Waals surface area (Å²) in [4.78, 5) is 50.8. The maximum Gasteiger partial charge on any atom is 0.339 e. The maximum absolute atomic E-state index is 13.2. The van der Waals surface area contributed by atoms with Gasteiger partial charge in [-0.25, -0.2) is 9.59 Å². The Balaban J connectivity index is 1.42. The van der Waals surface area contributed by atoms with Crippen LogP contribution in [0.2, 0.25) is 0 Å². The standard InChI is InChI=1S/C31H23NO10/c33-18-10-8-15(9-11-18)29(38)32-21-12-16-4-1-2-5-19(16)28(21)42-31(41)17-13-23(35)26(24(36)14-17)27(37)25-20(30(39)40)6-3-7-22(25)34/h1-11,13-14,21,28,33-36H,12H2,(H,32,38)(H,39,40)/t21-,28-/m1/s1. The van der Waals surface area contributed by atoms with Crippen molar-refractivity contribution in [2.24, 2.45) is 0 Å². The highest BCUT2D eigenvalue weighted by molar-refractivity contribution is 6.18. The molecule has 4 aromatic carbocycles. The van der Waals surface area contributed by atoms with Crippen LogP contribution in [0.5, 0.6) is 23.0 Å². The molecule has 0 radical (unpaired) electrons. The number of carbonyl (C=O) groups is 4. The number of hydrogen-bond acceptors (Lipinski definition) is 9. The molecule has 6 N–H and O–H groups in total. The summed E-state index contributed by atoms with van der Waals surface area (Å²) in [5.74, 6) is -6.53. The fourth-order valence-corrected chi connectivity index (χ4v) is 4.92. The number of carboxylic acid groups (broad SMARTS) is 1. The van der Waals surface area contributed by atoms with Crippen LogP contribution in [-0.4, -0.2) is 55.2 Å². The molecule has 1 amide bonds. The Morgan fingerprint density at radius 2 is 1.40 bits per heavy atom. The number of ether oxygens (including phenoxy) is 1. The fourth-order valence-electron chi connectivity index (χ4n) is 4.92. The van der Waals surface area contributed by atoms with Crippen LogP contribution in [0.25, 0.3) is 0 Å². The van der Waals surface area contributed by atoms with Crippen LogP contribution in [0.1, 0.15) is 64.2 Å². The van der Waals surface area contributed by atoms with Gasteiger partial charge >= 0.3 is 11.9 Å². The van der Waals surface area contributed by atoms with Crippen LogP contribution in [0, 0.1) is 0 Å². The number of phenols is 4. The highest BCUT2D eigenvalue weighted by Gasteiger charge is 2.37. The molecule has 0 spiro atoms. The van der Waals surface area contributed by atoms with Crippen LogP contribution >= 0.6 is 0 Å². The van der Waals surface area contributed by atoms with Gasteiger partial charge in [-0.05, 0) is 66.1 Å². The average molecular weight is 570 g/mol. The molecule has 0 saturated carbocycles. The summed E-state index contributed by atoms with van der Waals surface area (Å²) in [5.41, 5.74) is -0.508. The summed E-state index contributed by atoms with van der Waals surface area (Å²) in [6, 6.07) is 17.2. The van der Waals surface area contributed by atoms with E-state index in [1.807, 2.05) is 6.07 Å². The Morgan fingerprint density at radius 3 is 2.07 bits per heavy atom. The molecule has 11 heteroatoms. The molecule has 5 rings (SSSR count). The number of aromatic carboxylic acids is 1. The molecule has 0 heterocycles. The molecule has 0 bridgehead atoms. The van der Waals surface area contributed by atoms with E-state index in [0.29, 0.717) is 12.0 Å². The van der Waals surface area contributed by atoms with E-state index in [9.17, 15) is 44.7 Å². The molecule has 0 fully saturated rings. The molecule has 212 valence electrons. The highest BCUT2D eigenvalue weighted by atomic mass is 16.5. The van der Waals surface area contributed by atoms with Gasteiger partial charge in [0.05, 0.1) is 22.7 Å². The molecular formula is C31H23NO10. The molecule has 1 aliphatic carbocycles. The van der Waals surface area contributed by atoms with Crippen molar-refractivity contribution in [3.63, 3.8) is 0 Å². The number of carbonyl (C=O) groups excluding carboxylic acids is 3. The van der Waals surface area contributed by atoms with Gasteiger partial charge in [0.25, 0.3) is 5.91 Å². The molecule has 0 saturated heterocycles. The number of amides is 1. The van der Waals surface area contributed by atoms with E-state index < -0.39 is 69.7 Å². The number of aromatic hydroxyl groups is 4. The van der Waals surface area contributed by atoms with E-state index in [0.717, 1.165) is 29.8 Å². The number of carboxylic acids is 1. The molecule has 0 unspecified atom stereocenters.